The van der Waals surface area contributed by atoms with Gasteiger partial charge in [0.25, 0.3) is 5.91 Å². The molecule has 132 valence electrons. The number of nitrogens with one attached hydrogen (secondary N) is 1. The van der Waals surface area contributed by atoms with Gasteiger partial charge in [0.2, 0.25) is 0 Å². The van der Waals surface area contributed by atoms with Gasteiger partial charge >= 0.3 is 0 Å². The molecule has 4 nitrogen and oxygen atoms in total. The largest absolute Gasteiger partial charge is 0.493 e. The predicted octanol–water partition coefficient (Wildman–Crippen LogP) is 4.28. The average Bonchev–Trinajstić information content (AvgIpc) is 2.57. The van der Waals surface area contributed by atoms with Crippen molar-refractivity contribution < 1.29 is 14.3 Å². The molecule has 1 aliphatic rings. The molecule has 0 aromatic heterocycles. The Hall–Kier alpha value is -2.20. The van der Waals surface area contributed by atoms with E-state index in [0.29, 0.717) is 18.1 Å². The summed E-state index contributed by atoms with van der Waals surface area (Å²) >= 11 is 6.07. The number of amides is 1. The maximum atomic E-state index is 12.4. The molecule has 0 aliphatic carbocycles. The number of ether oxygens (including phenoxy) is 2. The molecule has 1 aliphatic heterocycles. The lowest BCUT2D eigenvalue weighted by Gasteiger charge is -2.27. The quantitative estimate of drug-likeness (QED) is 0.886. The SMILES string of the molecule is Cc1cc(C)c(C)c(OCC(=O)NC2CCOc3ccc(Cl)cc32)c1. The number of benzene rings is 2. The number of hydrogen-bond acceptors (Lipinski definition) is 3. The van der Waals surface area contributed by atoms with Gasteiger partial charge in [-0.25, -0.2) is 0 Å². The number of fused-ring (bicyclic) bond motifs is 1. The van der Waals surface area contributed by atoms with E-state index in [9.17, 15) is 4.79 Å². The van der Waals surface area contributed by atoms with E-state index in [1.54, 1.807) is 6.07 Å². The molecule has 2 aromatic rings. The molecule has 1 heterocycles. The summed E-state index contributed by atoms with van der Waals surface area (Å²) in [5.41, 5.74) is 4.24. The Morgan fingerprint density at radius 2 is 2.08 bits per heavy atom. The third-order valence-corrected chi connectivity index (χ3v) is 4.70. The van der Waals surface area contributed by atoms with Gasteiger partial charge in [0.15, 0.2) is 6.61 Å². The van der Waals surface area contributed by atoms with Crippen molar-refractivity contribution in [3.05, 3.63) is 57.6 Å². The molecule has 0 bridgehead atoms. The van der Waals surface area contributed by atoms with E-state index < -0.39 is 0 Å². The van der Waals surface area contributed by atoms with Gasteiger partial charge in [0.1, 0.15) is 11.5 Å². The highest BCUT2D eigenvalue weighted by molar-refractivity contribution is 6.30. The van der Waals surface area contributed by atoms with Gasteiger partial charge in [-0.3, -0.25) is 4.79 Å². The van der Waals surface area contributed by atoms with Crippen LogP contribution >= 0.6 is 11.6 Å². The predicted molar refractivity (Wildman–Crippen MR) is 98.6 cm³/mol. The zero-order valence-electron chi connectivity index (χ0n) is 14.7. The van der Waals surface area contributed by atoms with Gasteiger partial charge in [-0.05, 0) is 61.7 Å². The number of carbonyl (C=O) groups is 1. The second kappa shape index (κ2) is 7.36. The smallest absolute Gasteiger partial charge is 0.258 e. The van der Waals surface area contributed by atoms with E-state index in [4.69, 9.17) is 21.1 Å². The van der Waals surface area contributed by atoms with Crippen LogP contribution in [0.3, 0.4) is 0 Å². The van der Waals surface area contributed by atoms with Crippen LogP contribution in [0.2, 0.25) is 5.02 Å². The summed E-state index contributed by atoms with van der Waals surface area (Å²) in [5, 5.41) is 3.65. The fraction of sp³-hybridized carbons (Fsp3) is 0.350. The molecule has 0 spiro atoms. The van der Waals surface area contributed by atoms with Gasteiger partial charge in [0.05, 0.1) is 12.6 Å². The molecule has 0 fully saturated rings. The molecule has 3 rings (SSSR count). The minimum atomic E-state index is -0.156. The highest BCUT2D eigenvalue weighted by Gasteiger charge is 2.23. The molecular weight excluding hydrogens is 338 g/mol. The number of carbonyl (C=O) groups excluding carboxylic acids is 1. The summed E-state index contributed by atoms with van der Waals surface area (Å²) in [7, 11) is 0. The van der Waals surface area contributed by atoms with Crippen molar-refractivity contribution in [3.63, 3.8) is 0 Å². The topological polar surface area (TPSA) is 47.6 Å². The Morgan fingerprint density at radius 3 is 2.88 bits per heavy atom. The third kappa shape index (κ3) is 4.07. The second-order valence-corrected chi connectivity index (χ2v) is 6.87. The van der Waals surface area contributed by atoms with Crippen LogP contribution in [0, 0.1) is 20.8 Å². The van der Waals surface area contributed by atoms with E-state index in [0.717, 1.165) is 33.8 Å². The lowest BCUT2D eigenvalue weighted by molar-refractivity contribution is -0.124. The summed E-state index contributed by atoms with van der Waals surface area (Å²) in [4.78, 5) is 12.4. The number of rotatable bonds is 4. The lowest BCUT2D eigenvalue weighted by Crippen LogP contribution is -2.35. The van der Waals surface area contributed by atoms with Crippen molar-refractivity contribution in [3.8, 4) is 11.5 Å². The fourth-order valence-corrected chi connectivity index (χ4v) is 3.23. The summed E-state index contributed by atoms with van der Waals surface area (Å²) in [6.45, 7) is 6.60. The summed E-state index contributed by atoms with van der Waals surface area (Å²) in [5.74, 6) is 1.37. The zero-order valence-corrected chi connectivity index (χ0v) is 15.4. The molecule has 1 amide bonds. The number of hydrogen-bond donors (Lipinski definition) is 1. The molecule has 5 heteroatoms. The van der Waals surface area contributed by atoms with Crippen LogP contribution in [0.1, 0.15) is 34.7 Å². The Bertz CT molecular complexity index is 804. The number of halogens is 1. The highest BCUT2D eigenvalue weighted by Crippen LogP contribution is 2.34. The van der Waals surface area contributed by atoms with E-state index >= 15 is 0 Å². The molecule has 1 N–H and O–H groups in total. The second-order valence-electron chi connectivity index (χ2n) is 6.43. The summed E-state index contributed by atoms with van der Waals surface area (Å²) in [6, 6.07) is 9.42. The third-order valence-electron chi connectivity index (χ3n) is 4.47. The maximum absolute atomic E-state index is 12.4. The van der Waals surface area contributed by atoms with Gasteiger partial charge in [-0.1, -0.05) is 17.7 Å². The first kappa shape index (κ1) is 17.6. The minimum Gasteiger partial charge on any atom is -0.493 e. The van der Waals surface area contributed by atoms with E-state index in [-0.39, 0.29) is 18.6 Å². The molecule has 0 radical (unpaired) electrons. The minimum absolute atomic E-state index is 0.0169. The standard InChI is InChI=1S/C20H22ClNO3/c1-12-8-13(2)14(3)19(9-12)25-11-20(23)22-17-6-7-24-18-5-4-15(21)10-16(17)18/h4-5,8-10,17H,6-7,11H2,1-3H3,(H,22,23). The molecule has 2 aromatic carbocycles. The van der Waals surface area contributed by atoms with Crippen LogP contribution in [-0.4, -0.2) is 19.1 Å². The fourth-order valence-electron chi connectivity index (χ4n) is 3.05. The van der Waals surface area contributed by atoms with Crippen molar-refractivity contribution in [1.82, 2.24) is 5.32 Å². The molecule has 1 unspecified atom stereocenters. The Balaban J connectivity index is 1.66. The van der Waals surface area contributed by atoms with E-state index in [1.165, 1.54) is 0 Å². The van der Waals surface area contributed by atoms with Crippen LogP contribution in [0.4, 0.5) is 0 Å². The first-order valence-electron chi connectivity index (χ1n) is 8.36. The monoisotopic (exact) mass is 359 g/mol. The Morgan fingerprint density at radius 1 is 1.28 bits per heavy atom. The van der Waals surface area contributed by atoms with Crippen molar-refractivity contribution in [2.45, 2.75) is 33.2 Å². The van der Waals surface area contributed by atoms with E-state index in [1.807, 2.05) is 39.0 Å². The van der Waals surface area contributed by atoms with Gasteiger partial charge in [0, 0.05) is 17.0 Å². The van der Waals surface area contributed by atoms with Crippen molar-refractivity contribution >= 4 is 17.5 Å². The summed E-state index contributed by atoms with van der Waals surface area (Å²) < 4.78 is 11.4. The molecule has 0 saturated carbocycles. The zero-order chi connectivity index (χ0) is 18.0. The van der Waals surface area contributed by atoms with Gasteiger partial charge in [-0.15, -0.1) is 0 Å². The van der Waals surface area contributed by atoms with Crippen LogP contribution in [-0.2, 0) is 4.79 Å². The molecule has 1 atom stereocenters. The lowest BCUT2D eigenvalue weighted by atomic mass is 10.0. The number of aryl methyl sites for hydroxylation is 2. The Kier molecular flexibility index (Phi) is 5.19. The van der Waals surface area contributed by atoms with Crippen molar-refractivity contribution in [2.24, 2.45) is 0 Å². The molecule has 25 heavy (non-hydrogen) atoms. The van der Waals surface area contributed by atoms with Crippen LogP contribution < -0.4 is 14.8 Å². The summed E-state index contributed by atoms with van der Waals surface area (Å²) in [6.07, 6.45) is 0.710. The Labute approximate surface area is 153 Å². The van der Waals surface area contributed by atoms with Crippen LogP contribution in [0.25, 0.3) is 0 Å². The average molecular weight is 360 g/mol. The van der Waals surface area contributed by atoms with Gasteiger partial charge in [-0.2, -0.15) is 0 Å². The molecular formula is C20H22ClNO3. The van der Waals surface area contributed by atoms with E-state index in [2.05, 4.69) is 11.4 Å². The first-order valence-corrected chi connectivity index (χ1v) is 8.74. The van der Waals surface area contributed by atoms with Crippen molar-refractivity contribution in [2.75, 3.05) is 13.2 Å². The highest BCUT2D eigenvalue weighted by atomic mass is 35.5. The maximum Gasteiger partial charge on any atom is 0.258 e. The van der Waals surface area contributed by atoms with Crippen LogP contribution in [0.15, 0.2) is 30.3 Å². The normalized spacial score (nSPS) is 15.9. The van der Waals surface area contributed by atoms with Crippen LogP contribution in [0.5, 0.6) is 11.5 Å². The molecule has 0 saturated heterocycles. The van der Waals surface area contributed by atoms with Gasteiger partial charge < -0.3 is 14.8 Å². The first-order chi connectivity index (χ1) is 11.9. The van der Waals surface area contributed by atoms with Crippen molar-refractivity contribution in [1.29, 1.82) is 0 Å².